The molecule has 1 aliphatic heterocycles. The van der Waals surface area contributed by atoms with E-state index in [0.717, 1.165) is 48.3 Å². The maximum atomic E-state index is 12.3. The largest absolute Gasteiger partial charge is 0.452 e. The van der Waals surface area contributed by atoms with Gasteiger partial charge in [-0.2, -0.15) is 5.10 Å². The van der Waals surface area contributed by atoms with Crippen LogP contribution in [0.2, 0.25) is 0 Å². The summed E-state index contributed by atoms with van der Waals surface area (Å²) in [5.41, 5.74) is 4.01. The quantitative estimate of drug-likeness (QED) is 0.411. The molecule has 2 aromatic carbocycles. The molecule has 2 heterocycles. The summed E-state index contributed by atoms with van der Waals surface area (Å²) < 4.78 is 19.0. The van der Waals surface area contributed by atoms with E-state index in [9.17, 15) is 9.59 Å². The van der Waals surface area contributed by atoms with Crippen molar-refractivity contribution in [1.82, 2.24) is 9.78 Å². The van der Waals surface area contributed by atoms with Gasteiger partial charge in [0.25, 0.3) is 11.7 Å². The lowest BCUT2D eigenvalue weighted by Gasteiger charge is -2.21. The number of benzene rings is 2. The van der Waals surface area contributed by atoms with Crippen LogP contribution in [0.1, 0.15) is 42.6 Å². The SMILES string of the molecule is Cc1nn(-c2ccccc2)c(C)c1/C=C/C(=O)OCC(=O)Nc1ccc2c(c1)OC1(CCCC1)O2. The van der Waals surface area contributed by atoms with Crippen LogP contribution in [0.5, 0.6) is 11.5 Å². The zero-order chi connectivity index (χ0) is 24.4. The summed E-state index contributed by atoms with van der Waals surface area (Å²) in [6.07, 6.45) is 6.84. The van der Waals surface area contributed by atoms with Crippen LogP contribution in [-0.2, 0) is 14.3 Å². The zero-order valence-corrected chi connectivity index (χ0v) is 19.7. The number of aromatic nitrogens is 2. The van der Waals surface area contributed by atoms with E-state index in [1.807, 2.05) is 48.9 Å². The van der Waals surface area contributed by atoms with Gasteiger partial charge in [0, 0.05) is 41.9 Å². The number of esters is 1. The summed E-state index contributed by atoms with van der Waals surface area (Å²) >= 11 is 0. The van der Waals surface area contributed by atoms with Crippen LogP contribution >= 0.6 is 0 Å². The molecule has 8 heteroatoms. The molecule has 3 aromatic rings. The Labute approximate surface area is 203 Å². The Kier molecular flexibility index (Phi) is 6.03. The first-order valence-corrected chi connectivity index (χ1v) is 11.7. The number of nitrogens with one attached hydrogen (secondary N) is 1. The van der Waals surface area contributed by atoms with Gasteiger partial charge in [-0.1, -0.05) is 18.2 Å². The van der Waals surface area contributed by atoms with Gasteiger partial charge in [0.15, 0.2) is 18.1 Å². The molecule has 5 rings (SSSR count). The molecule has 2 aliphatic rings. The van der Waals surface area contributed by atoms with Crippen molar-refractivity contribution in [2.75, 3.05) is 11.9 Å². The van der Waals surface area contributed by atoms with Crippen molar-refractivity contribution in [2.24, 2.45) is 0 Å². The highest BCUT2D eigenvalue weighted by Gasteiger charge is 2.44. The number of fused-ring (bicyclic) bond motifs is 1. The van der Waals surface area contributed by atoms with Crippen molar-refractivity contribution in [1.29, 1.82) is 0 Å². The molecule has 1 amide bonds. The van der Waals surface area contributed by atoms with E-state index in [1.54, 1.807) is 24.3 Å². The first kappa shape index (κ1) is 22.7. The van der Waals surface area contributed by atoms with E-state index in [-0.39, 0.29) is 0 Å². The fourth-order valence-corrected chi connectivity index (χ4v) is 4.54. The molecule has 35 heavy (non-hydrogen) atoms. The maximum Gasteiger partial charge on any atom is 0.331 e. The number of hydrogen-bond donors (Lipinski definition) is 1. The topological polar surface area (TPSA) is 91.7 Å². The number of carbonyl (C=O) groups excluding carboxylic acids is 2. The predicted octanol–water partition coefficient (Wildman–Crippen LogP) is 4.73. The standard InChI is InChI=1S/C27H27N3O5/c1-18-22(19(2)30(29-18)21-8-4-3-5-9-21)11-13-26(32)33-17-25(31)28-20-10-12-23-24(16-20)35-27(34-23)14-6-7-15-27/h3-5,8-13,16H,6-7,14-15,17H2,1-2H3,(H,28,31)/b13-11+. The van der Waals surface area contributed by atoms with Gasteiger partial charge in [-0.3, -0.25) is 4.79 Å². The van der Waals surface area contributed by atoms with Crippen LogP contribution in [0, 0.1) is 13.8 Å². The Bertz CT molecular complexity index is 1290. The van der Waals surface area contributed by atoms with Crippen LogP contribution in [0.3, 0.4) is 0 Å². The molecule has 1 spiro atoms. The highest BCUT2D eigenvalue weighted by Crippen LogP contribution is 2.47. The smallest absolute Gasteiger partial charge is 0.331 e. The fraction of sp³-hybridized carbons (Fsp3) is 0.296. The molecular formula is C27H27N3O5. The van der Waals surface area contributed by atoms with Gasteiger partial charge in [-0.05, 0) is 57.0 Å². The summed E-state index contributed by atoms with van der Waals surface area (Å²) in [6, 6.07) is 15.0. The van der Waals surface area contributed by atoms with E-state index in [1.165, 1.54) is 6.08 Å². The number of carbonyl (C=O) groups is 2. The van der Waals surface area contributed by atoms with Gasteiger partial charge in [0.2, 0.25) is 0 Å². The van der Waals surface area contributed by atoms with Gasteiger partial charge in [-0.25, -0.2) is 9.48 Å². The normalized spacial score (nSPS) is 15.6. The van der Waals surface area contributed by atoms with Gasteiger partial charge >= 0.3 is 5.97 Å². The molecule has 1 aromatic heterocycles. The van der Waals surface area contributed by atoms with Crippen molar-refractivity contribution in [3.05, 3.63) is 71.6 Å². The number of aryl methyl sites for hydroxylation is 1. The van der Waals surface area contributed by atoms with E-state index in [4.69, 9.17) is 14.2 Å². The van der Waals surface area contributed by atoms with Gasteiger partial charge in [-0.15, -0.1) is 0 Å². The van der Waals surface area contributed by atoms with Crippen molar-refractivity contribution in [3.63, 3.8) is 0 Å². The number of para-hydroxylation sites is 1. The summed E-state index contributed by atoms with van der Waals surface area (Å²) in [4.78, 5) is 24.5. The molecule has 180 valence electrons. The molecular weight excluding hydrogens is 446 g/mol. The molecule has 0 radical (unpaired) electrons. The van der Waals surface area contributed by atoms with Gasteiger partial charge in [0.1, 0.15) is 0 Å². The second kappa shape index (κ2) is 9.29. The number of nitrogens with zero attached hydrogens (tertiary/aromatic N) is 2. The average molecular weight is 474 g/mol. The molecule has 1 N–H and O–H groups in total. The number of amides is 1. The van der Waals surface area contributed by atoms with E-state index >= 15 is 0 Å². The first-order chi connectivity index (χ1) is 16.9. The fourth-order valence-electron chi connectivity index (χ4n) is 4.54. The van der Waals surface area contributed by atoms with Crippen LogP contribution < -0.4 is 14.8 Å². The summed E-state index contributed by atoms with van der Waals surface area (Å²) in [5.74, 6) is -0.305. The molecule has 0 saturated heterocycles. The lowest BCUT2D eigenvalue weighted by Crippen LogP contribution is -2.34. The monoisotopic (exact) mass is 473 g/mol. The van der Waals surface area contributed by atoms with E-state index in [2.05, 4.69) is 10.4 Å². The second-order valence-corrected chi connectivity index (χ2v) is 8.80. The summed E-state index contributed by atoms with van der Waals surface area (Å²) in [5, 5.41) is 7.29. The highest BCUT2D eigenvalue weighted by atomic mass is 16.7. The van der Waals surface area contributed by atoms with E-state index in [0.29, 0.717) is 17.2 Å². The molecule has 0 bridgehead atoms. The minimum absolute atomic E-state index is 0.400. The lowest BCUT2D eigenvalue weighted by atomic mass is 10.2. The molecule has 0 unspecified atom stereocenters. The average Bonchev–Trinajstić information content (AvgIpc) is 3.54. The third-order valence-corrected chi connectivity index (χ3v) is 6.26. The summed E-state index contributed by atoms with van der Waals surface area (Å²) in [7, 11) is 0. The van der Waals surface area contributed by atoms with Crippen molar-refractivity contribution in [3.8, 4) is 17.2 Å². The van der Waals surface area contributed by atoms with Crippen LogP contribution in [0.25, 0.3) is 11.8 Å². The molecule has 1 aliphatic carbocycles. The Hall–Kier alpha value is -4.07. The van der Waals surface area contributed by atoms with Crippen molar-refractivity contribution >= 4 is 23.6 Å². The van der Waals surface area contributed by atoms with Crippen LogP contribution in [-0.4, -0.2) is 34.1 Å². The Balaban J connectivity index is 1.15. The first-order valence-electron chi connectivity index (χ1n) is 11.7. The minimum atomic E-state index is -0.611. The van der Waals surface area contributed by atoms with E-state index < -0.39 is 24.3 Å². The number of ether oxygens (including phenoxy) is 3. The molecule has 1 saturated carbocycles. The summed E-state index contributed by atoms with van der Waals surface area (Å²) in [6.45, 7) is 3.42. The Morgan fingerprint density at radius 1 is 1.09 bits per heavy atom. The van der Waals surface area contributed by atoms with Crippen LogP contribution in [0.4, 0.5) is 5.69 Å². The molecule has 1 fully saturated rings. The number of rotatable bonds is 6. The Morgan fingerprint density at radius 2 is 1.83 bits per heavy atom. The maximum absolute atomic E-state index is 12.3. The number of hydrogen-bond acceptors (Lipinski definition) is 6. The van der Waals surface area contributed by atoms with Gasteiger partial charge in [0.05, 0.1) is 11.4 Å². The van der Waals surface area contributed by atoms with Crippen molar-refractivity contribution in [2.45, 2.75) is 45.3 Å². The third-order valence-electron chi connectivity index (χ3n) is 6.26. The molecule has 0 atom stereocenters. The lowest BCUT2D eigenvalue weighted by molar-refractivity contribution is -0.142. The van der Waals surface area contributed by atoms with Crippen molar-refractivity contribution < 1.29 is 23.8 Å². The minimum Gasteiger partial charge on any atom is -0.452 e. The Morgan fingerprint density at radius 3 is 2.60 bits per heavy atom. The predicted molar refractivity (Wildman–Crippen MR) is 131 cm³/mol. The number of anilines is 1. The highest BCUT2D eigenvalue weighted by molar-refractivity contribution is 5.95. The third kappa shape index (κ3) is 4.77. The second-order valence-electron chi connectivity index (χ2n) is 8.80. The molecule has 8 nitrogen and oxygen atoms in total. The zero-order valence-electron chi connectivity index (χ0n) is 19.7. The van der Waals surface area contributed by atoms with Gasteiger partial charge < -0.3 is 19.5 Å². The van der Waals surface area contributed by atoms with Crippen LogP contribution in [0.15, 0.2) is 54.6 Å².